The number of hydrogen-bond acceptors (Lipinski definition) is 6. The molecule has 0 aromatic heterocycles. The number of nitrogens with one attached hydrogen (secondary N) is 1. The van der Waals surface area contributed by atoms with Crippen LogP contribution in [0.15, 0.2) is 29.2 Å². The molecule has 1 fully saturated rings. The summed E-state index contributed by atoms with van der Waals surface area (Å²) in [6.07, 6.45) is 1.12. The predicted molar refractivity (Wildman–Crippen MR) is 122 cm³/mol. The Morgan fingerprint density at radius 3 is 2.40 bits per heavy atom. The third-order valence-electron chi connectivity index (χ3n) is 5.16. The average Bonchev–Trinajstić information content (AvgIpc) is 2.66. The van der Waals surface area contributed by atoms with Crippen molar-refractivity contribution in [3.63, 3.8) is 0 Å². The summed E-state index contributed by atoms with van der Waals surface area (Å²) in [6, 6.07) is 5.99. The molecule has 3 N–H and O–H groups in total. The van der Waals surface area contributed by atoms with E-state index in [4.69, 9.17) is 22.1 Å². The number of hydrogen-bond donors (Lipinski definition) is 2. The van der Waals surface area contributed by atoms with E-state index >= 15 is 0 Å². The predicted octanol–water partition coefficient (Wildman–Crippen LogP) is 3.46. The Morgan fingerprint density at radius 1 is 1.20 bits per heavy atom. The summed E-state index contributed by atoms with van der Waals surface area (Å²) in [6.45, 7) is 5.00. The first-order valence-corrected chi connectivity index (χ1v) is 11.5. The third-order valence-corrected chi connectivity index (χ3v) is 6.65. The Hall–Kier alpha value is -1.74. The van der Waals surface area contributed by atoms with Crippen molar-refractivity contribution in [2.75, 3.05) is 50.2 Å². The second kappa shape index (κ2) is 9.60. The number of ether oxygens (including phenoxy) is 1. The van der Waals surface area contributed by atoms with E-state index in [1.54, 1.807) is 13.0 Å². The van der Waals surface area contributed by atoms with Crippen molar-refractivity contribution in [2.45, 2.75) is 17.7 Å². The van der Waals surface area contributed by atoms with Gasteiger partial charge in [0.15, 0.2) is 9.84 Å². The number of nitrogens with two attached hydrogens (primary N) is 1. The van der Waals surface area contributed by atoms with Crippen LogP contribution in [0.2, 0.25) is 5.02 Å². The van der Waals surface area contributed by atoms with Crippen LogP contribution in [-0.4, -0.2) is 48.0 Å². The molecular formula is C20H26Cl2FN3O3S. The van der Waals surface area contributed by atoms with Crippen LogP contribution in [0.3, 0.4) is 0 Å². The second-order valence-electron chi connectivity index (χ2n) is 7.19. The minimum Gasteiger partial charge on any atom is -0.495 e. The lowest BCUT2D eigenvalue weighted by Gasteiger charge is -2.31. The van der Waals surface area contributed by atoms with Crippen molar-refractivity contribution >= 4 is 45.2 Å². The zero-order valence-electron chi connectivity index (χ0n) is 17.0. The maximum atomic E-state index is 14.1. The molecule has 166 valence electrons. The fourth-order valence-electron chi connectivity index (χ4n) is 3.80. The molecule has 1 saturated heterocycles. The molecule has 1 aliphatic rings. The molecule has 6 nitrogen and oxygen atoms in total. The van der Waals surface area contributed by atoms with Crippen LogP contribution >= 0.6 is 24.0 Å². The summed E-state index contributed by atoms with van der Waals surface area (Å²) in [5.74, 6) is -0.732. The SMILES string of the molecule is COc1c(Cl)cc(F)cc1C(C)c1cc(N2CCNCC2)cc(N)c1S(C)(=O)=O.Cl. The van der Waals surface area contributed by atoms with Crippen LogP contribution in [-0.2, 0) is 9.84 Å². The molecule has 0 amide bonds. The van der Waals surface area contributed by atoms with E-state index in [-0.39, 0.29) is 28.0 Å². The summed E-state index contributed by atoms with van der Waals surface area (Å²) in [7, 11) is -2.19. The summed E-state index contributed by atoms with van der Waals surface area (Å²) in [5.41, 5.74) is 8.16. The van der Waals surface area contributed by atoms with E-state index in [0.717, 1.165) is 38.1 Å². The quantitative estimate of drug-likeness (QED) is 0.641. The van der Waals surface area contributed by atoms with Gasteiger partial charge in [-0.05, 0) is 29.8 Å². The van der Waals surface area contributed by atoms with Gasteiger partial charge in [0, 0.05) is 49.6 Å². The zero-order chi connectivity index (χ0) is 21.3. The first-order chi connectivity index (χ1) is 13.6. The second-order valence-corrected chi connectivity index (χ2v) is 9.55. The van der Waals surface area contributed by atoms with Crippen LogP contribution in [0.25, 0.3) is 0 Å². The van der Waals surface area contributed by atoms with E-state index in [0.29, 0.717) is 16.9 Å². The van der Waals surface area contributed by atoms with Gasteiger partial charge in [0.25, 0.3) is 0 Å². The van der Waals surface area contributed by atoms with Crippen LogP contribution in [0, 0.1) is 5.82 Å². The molecule has 2 aromatic rings. The molecule has 30 heavy (non-hydrogen) atoms. The Labute approximate surface area is 187 Å². The fourth-order valence-corrected chi connectivity index (χ4v) is 5.24. The van der Waals surface area contributed by atoms with Crippen molar-refractivity contribution in [3.8, 4) is 5.75 Å². The first-order valence-electron chi connectivity index (χ1n) is 9.25. The molecule has 1 aliphatic heterocycles. The van der Waals surface area contributed by atoms with Gasteiger partial charge in [-0.2, -0.15) is 0 Å². The fraction of sp³-hybridized carbons (Fsp3) is 0.400. The molecule has 1 heterocycles. The van der Waals surface area contributed by atoms with Gasteiger partial charge in [0.2, 0.25) is 0 Å². The van der Waals surface area contributed by atoms with Gasteiger partial charge < -0.3 is 20.7 Å². The summed E-state index contributed by atoms with van der Waals surface area (Å²) < 4.78 is 44.6. The Kier molecular flexibility index (Phi) is 7.85. The van der Waals surface area contributed by atoms with Gasteiger partial charge in [0.1, 0.15) is 11.6 Å². The summed E-state index contributed by atoms with van der Waals surface area (Å²) >= 11 is 6.16. The average molecular weight is 478 g/mol. The number of methoxy groups -OCH3 is 1. The van der Waals surface area contributed by atoms with Crippen molar-refractivity contribution in [1.29, 1.82) is 0 Å². The van der Waals surface area contributed by atoms with Gasteiger partial charge in [-0.1, -0.05) is 18.5 Å². The summed E-state index contributed by atoms with van der Waals surface area (Å²) in [4.78, 5) is 2.19. The minimum atomic E-state index is -3.63. The number of sulfone groups is 1. The van der Waals surface area contributed by atoms with Crippen molar-refractivity contribution in [2.24, 2.45) is 0 Å². The smallest absolute Gasteiger partial charge is 0.177 e. The molecule has 0 spiro atoms. The van der Waals surface area contributed by atoms with E-state index in [9.17, 15) is 12.8 Å². The van der Waals surface area contributed by atoms with Gasteiger partial charge in [0.05, 0.1) is 22.7 Å². The van der Waals surface area contributed by atoms with Crippen LogP contribution in [0.4, 0.5) is 15.8 Å². The van der Waals surface area contributed by atoms with Crippen LogP contribution in [0.5, 0.6) is 5.75 Å². The molecule has 1 unspecified atom stereocenters. The number of nitrogens with zero attached hydrogens (tertiary/aromatic N) is 1. The van der Waals surface area contributed by atoms with Crippen LogP contribution in [0.1, 0.15) is 24.0 Å². The number of piperazine rings is 1. The number of benzene rings is 2. The molecule has 2 aromatic carbocycles. The van der Waals surface area contributed by atoms with Gasteiger partial charge in [-0.25, -0.2) is 12.8 Å². The highest BCUT2D eigenvalue weighted by Gasteiger charge is 2.27. The summed E-state index contributed by atoms with van der Waals surface area (Å²) in [5, 5.41) is 3.41. The number of halogens is 3. The number of anilines is 2. The Bertz CT molecular complexity index is 1030. The topological polar surface area (TPSA) is 84.7 Å². The monoisotopic (exact) mass is 477 g/mol. The van der Waals surface area contributed by atoms with Crippen molar-refractivity contribution in [3.05, 3.63) is 46.2 Å². The van der Waals surface area contributed by atoms with Crippen molar-refractivity contribution < 1.29 is 17.5 Å². The number of rotatable bonds is 5. The molecule has 0 bridgehead atoms. The normalized spacial score (nSPS) is 15.4. The standard InChI is InChI=1S/C20H25ClFN3O3S.ClH/c1-12(15-8-13(22)9-17(21)19(15)28-2)16-10-14(25-6-4-24-5-7-25)11-18(23)20(16)29(3,26)27;/h8-12,24H,4-7,23H2,1-3H3;1H. The maximum Gasteiger partial charge on any atom is 0.177 e. The molecule has 0 saturated carbocycles. The number of nitrogen functional groups attached to an aromatic ring is 1. The molecule has 1 atom stereocenters. The third kappa shape index (κ3) is 4.94. The zero-order valence-corrected chi connectivity index (χ0v) is 19.4. The van der Waals surface area contributed by atoms with E-state index < -0.39 is 21.6 Å². The lowest BCUT2D eigenvalue weighted by atomic mass is 9.91. The Morgan fingerprint density at radius 2 is 1.83 bits per heavy atom. The molecule has 10 heteroatoms. The Balaban J connectivity index is 0.00000320. The van der Waals surface area contributed by atoms with Gasteiger partial charge >= 0.3 is 0 Å². The lowest BCUT2D eigenvalue weighted by molar-refractivity contribution is 0.407. The van der Waals surface area contributed by atoms with Crippen LogP contribution < -0.4 is 20.7 Å². The lowest BCUT2D eigenvalue weighted by Crippen LogP contribution is -2.43. The maximum absolute atomic E-state index is 14.1. The van der Waals surface area contributed by atoms with Gasteiger partial charge in [-0.15, -0.1) is 12.4 Å². The van der Waals surface area contributed by atoms with E-state index in [1.165, 1.54) is 19.2 Å². The van der Waals surface area contributed by atoms with E-state index in [2.05, 4.69) is 10.2 Å². The molecule has 3 rings (SSSR count). The highest BCUT2D eigenvalue weighted by Crippen LogP contribution is 2.42. The highest BCUT2D eigenvalue weighted by molar-refractivity contribution is 7.91. The van der Waals surface area contributed by atoms with E-state index in [1.807, 2.05) is 6.07 Å². The van der Waals surface area contributed by atoms with Crippen molar-refractivity contribution in [1.82, 2.24) is 5.32 Å². The molecule has 0 aliphatic carbocycles. The molecule has 0 radical (unpaired) electrons. The minimum absolute atomic E-state index is 0. The molecular weight excluding hydrogens is 452 g/mol. The highest BCUT2D eigenvalue weighted by atomic mass is 35.5. The first kappa shape index (κ1) is 24.5. The largest absolute Gasteiger partial charge is 0.495 e. The van der Waals surface area contributed by atoms with Gasteiger partial charge in [-0.3, -0.25) is 0 Å².